The Kier molecular flexibility index (Phi) is 5.61. The number of para-hydroxylation sites is 1. The number of hydrogen-bond donors (Lipinski definition) is 1. The highest BCUT2D eigenvalue weighted by Gasteiger charge is 2.02. The van der Waals surface area contributed by atoms with E-state index in [1.807, 2.05) is 60.8 Å². The van der Waals surface area contributed by atoms with Gasteiger partial charge in [0.25, 0.3) is 0 Å². The van der Waals surface area contributed by atoms with Crippen molar-refractivity contribution in [3.8, 4) is 5.75 Å². The molecule has 0 saturated heterocycles. The van der Waals surface area contributed by atoms with Crippen LogP contribution in [0.5, 0.6) is 5.75 Å². The lowest BCUT2D eigenvalue weighted by Crippen LogP contribution is -1.99. The standard InChI is InChI=1S/C18H16BrN3OS/c1-13-12-24-18(21-13)22-20-10-15-4-2-3-5-17(15)23-11-14-6-8-16(19)9-7-14/h2-10,12H,11H2,1H3,(H,21,22). The summed E-state index contributed by atoms with van der Waals surface area (Å²) >= 11 is 4.96. The molecule has 2 aromatic carbocycles. The zero-order valence-corrected chi connectivity index (χ0v) is 15.5. The van der Waals surface area contributed by atoms with Crippen LogP contribution in [0.15, 0.2) is 63.5 Å². The summed E-state index contributed by atoms with van der Waals surface area (Å²) in [4.78, 5) is 4.31. The third-order valence-electron chi connectivity index (χ3n) is 3.21. The van der Waals surface area contributed by atoms with Crippen LogP contribution in [0.1, 0.15) is 16.8 Å². The lowest BCUT2D eigenvalue weighted by molar-refractivity contribution is 0.306. The average molecular weight is 402 g/mol. The number of anilines is 1. The Morgan fingerprint density at radius 1 is 1.21 bits per heavy atom. The highest BCUT2D eigenvalue weighted by atomic mass is 79.9. The third-order valence-corrected chi connectivity index (χ3v) is 4.60. The number of nitrogens with one attached hydrogen (secondary N) is 1. The average Bonchev–Trinajstić information content (AvgIpc) is 3.01. The Morgan fingerprint density at radius 3 is 2.75 bits per heavy atom. The van der Waals surface area contributed by atoms with Gasteiger partial charge in [-0.2, -0.15) is 5.10 Å². The molecule has 0 radical (unpaired) electrons. The number of aryl methyl sites for hydroxylation is 1. The van der Waals surface area contributed by atoms with Crippen molar-refractivity contribution in [1.82, 2.24) is 4.98 Å². The highest BCUT2D eigenvalue weighted by Crippen LogP contribution is 2.19. The van der Waals surface area contributed by atoms with Crippen molar-refractivity contribution < 1.29 is 4.74 Å². The monoisotopic (exact) mass is 401 g/mol. The Hall–Kier alpha value is -2.18. The first-order valence-corrected chi connectivity index (χ1v) is 9.05. The van der Waals surface area contributed by atoms with E-state index in [4.69, 9.17) is 4.74 Å². The molecule has 0 aliphatic carbocycles. The van der Waals surface area contributed by atoms with Gasteiger partial charge >= 0.3 is 0 Å². The van der Waals surface area contributed by atoms with Gasteiger partial charge in [0.15, 0.2) is 0 Å². The van der Waals surface area contributed by atoms with Crippen LogP contribution < -0.4 is 10.2 Å². The molecular weight excluding hydrogens is 386 g/mol. The van der Waals surface area contributed by atoms with Gasteiger partial charge in [-0.1, -0.05) is 40.2 Å². The third kappa shape index (κ3) is 4.66. The Bertz CT molecular complexity index is 830. The van der Waals surface area contributed by atoms with Crippen LogP contribution in [0.4, 0.5) is 5.13 Å². The van der Waals surface area contributed by atoms with Gasteiger partial charge in [0.2, 0.25) is 5.13 Å². The highest BCUT2D eigenvalue weighted by molar-refractivity contribution is 9.10. The van der Waals surface area contributed by atoms with E-state index in [-0.39, 0.29) is 0 Å². The number of hydrogen-bond acceptors (Lipinski definition) is 5. The van der Waals surface area contributed by atoms with Gasteiger partial charge in [-0.25, -0.2) is 4.98 Å². The molecule has 0 amide bonds. The molecule has 3 rings (SSSR count). The lowest BCUT2D eigenvalue weighted by Gasteiger charge is -2.09. The second-order valence-electron chi connectivity index (χ2n) is 5.12. The molecule has 0 aliphatic heterocycles. The molecule has 0 atom stereocenters. The molecule has 0 fully saturated rings. The number of ether oxygens (including phenoxy) is 1. The maximum atomic E-state index is 5.92. The summed E-state index contributed by atoms with van der Waals surface area (Å²) < 4.78 is 6.98. The second kappa shape index (κ2) is 8.08. The van der Waals surface area contributed by atoms with Crippen molar-refractivity contribution >= 4 is 38.6 Å². The van der Waals surface area contributed by atoms with Gasteiger partial charge in [0.05, 0.1) is 11.9 Å². The molecule has 0 bridgehead atoms. The van der Waals surface area contributed by atoms with Crippen molar-refractivity contribution in [3.63, 3.8) is 0 Å². The van der Waals surface area contributed by atoms with Crippen LogP contribution in [-0.4, -0.2) is 11.2 Å². The molecule has 1 heterocycles. The van der Waals surface area contributed by atoms with Crippen LogP contribution in [0.25, 0.3) is 0 Å². The van der Waals surface area contributed by atoms with Gasteiger partial charge in [-0.05, 0) is 36.8 Å². The van der Waals surface area contributed by atoms with E-state index in [0.29, 0.717) is 6.61 Å². The van der Waals surface area contributed by atoms with Gasteiger partial charge in [-0.15, -0.1) is 11.3 Å². The Morgan fingerprint density at radius 2 is 2.00 bits per heavy atom. The van der Waals surface area contributed by atoms with E-state index in [2.05, 4.69) is 31.4 Å². The molecule has 0 aliphatic rings. The SMILES string of the molecule is Cc1csc(NN=Cc2ccccc2OCc2ccc(Br)cc2)n1. The first kappa shape index (κ1) is 16.7. The molecular formula is C18H16BrN3OS. The summed E-state index contributed by atoms with van der Waals surface area (Å²) in [5.41, 5.74) is 5.94. The number of benzene rings is 2. The molecule has 3 aromatic rings. The van der Waals surface area contributed by atoms with Crippen molar-refractivity contribution in [2.24, 2.45) is 5.10 Å². The second-order valence-corrected chi connectivity index (χ2v) is 6.89. The smallest absolute Gasteiger partial charge is 0.203 e. The molecule has 1 aromatic heterocycles. The van der Waals surface area contributed by atoms with E-state index < -0.39 is 0 Å². The topological polar surface area (TPSA) is 46.5 Å². The zero-order valence-electron chi connectivity index (χ0n) is 13.1. The predicted molar refractivity (Wildman–Crippen MR) is 103 cm³/mol. The van der Waals surface area contributed by atoms with Crippen LogP contribution in [0.2, 0.25) is 0 Å². The van der Waals surface area contributed by atoms with Crippen molar-refractivity contribution in [1.29, 1.82) is 0 Å². The molecule has 122 valence electrons. The molecule has 4 nitrogen and oxygen atoms in total. The van der Waals surface area contributed by atoms with Crippen molar-refractivity contribution in [3.05, 3.63) is 75.2 Å². The van der Waals surface area contributed by atoms with Gasteiger partial charge in [-0.3, -0.25) is 5.43 Å². The summed E-state index contributed by atoms with van der Waals surface area (Å²) in [6, 6.07) is 15.9. The normalized spacial score (nSPS) is 10.9. The van der Waals surface area contributed by atoms with Gasteiger partial charge in [0, 0.05) is 15.4 Å². The van der Waals surface area contributed by atoms with E-state index in [0.717, 1.165) is 32.2 Å². The molecule has 1 N–H and O–H groups in total. The fourth-order valence-electron chi connectivity index (χ4n) is 2.02. The quantitative estimate of drug-likeness (QED) is 0.453. The van der Waals surface area contributed by atoms with Crippen molar-refractivity contribution in [2.45, 2.75) is 13.5 Å². The zero-order chi connectivity index (χ0) is 16.8. The number of aromatic nitrogens is 1. The summed E-state index contributed by atoms with van der Waals surface area (Å²) in [6.07, 6.45) is 1.74. The lowest BCUT2D eigenvalue weighted by atomic mass is 10.2. The number of nitrogens with zero attached hydrogens (tertiary/aromatic N) is 2. The summed E-state index contributed by atoms with van der Waals surface area (Å²) in [7, 11) is 0. The van der Waals surface area contributed by atoms with Crippen LogP contribution in [0.3, 0.4) is 0 Å². The number of rotatable bonds is 6. The summed E-state index contributed by atoms with van der Waals surface area (Å²) in [6.45, 7) is 2.47. The molecule has 0 spiro atoms. The van der Waals surface area contributed by atoms with Crippen LogP contribution in [0, 0.1) is 6.92 Å². The minimum absolute atomic E-state index is 0.511. The minimum Gasteiger partial charge on any atom is -0.488 e. The van der Waals surface area contributed by atoms with Crippen molar-refractivity contribution in [2.75, 3.05) is 5.43 Å². The molecule has 0 unspecified atom stereocenters. The number of halogens is 1. The Labute approximate surface area is 153 Å². The Balaban J connectivity index is 1.65. The molecule has 24 heavy (non-hydrogen) atoms. The number of hydrazone groups is 1. The van der Waals surface area contributed by atoms with Gasteiger partial charge < -0.3 is 4.74 Å². The largest absolute Gasteiger partial charge is 0.488 e. The maximum Gasteiger partial charge on any atom is 0.203 e. The van der Waals surface area contributed by atoms with E-state index in [1.54, 1.807) is 6.21 Å². The first-order chi connectivity index (χ1) is 11.7. The summed E-state index contributed by atoms with van der Waals surface area (Å²) in [5.74, 6) is 0.793. The van der Waals surface area contributed by atoms with E-state index >= 15 is 0 Å². The maximum absolute atomic E-state index is 5.92. The fraction of sp³-hybridized carbons (Fsp3) is 0.111. The van der Waals surface area contributed by atoms with Gasteiger partial charge in [0.1, 0.15) is 12.4 Å². The molecule has 0 saturated carbocycles. The van der Waals surface area contributed by atoms with E-state index in [9.17, 15) is 0 Å². The predicted octanol–water partition coefficient (Wildman–Crippen LogP) is 5.24. The first-order valence-electron chi connectivity index (χ1n) is 7.38. The van der Waals surface area contributed by atoms with Crippen LogP contribution >= 0.6 is 27.3 Å². The summed E-state index contributed by atoms with van der Waals surface area (Å²) in [5, 5.41) is 6.99. The fourth-order valence-corrected chi connectivity index (χ4v) is 2.92. The van der Waals surface area contributed by atoms with E-state index in [1.165, 1.54) is 11.3 Å². The number of thiazole rings is 1. The van der Waals surface area contributed by atoms with Crippen LogP contribution in [-0.2, 0) is 6.61 Å². The molecule has 6 heteroatoms. The minimum atomic E-state index is 0.511.